The van der Waals surface area contributed by atoms with E-state index in [2.05, 4.69) is 16.0 Å². The summed E-state index contributed by atoms with van der Waals surface area (Å²) in [6.07, 6.45) is 1.66. The van der Waals surface area contributed by atoms with Gasteiger partial charge in [0.25, 0.3) is 0 Å². The van der Waals surface area contributed by atoms with Crippen LogP contribution in [0, 0.1) is 11.3 Å². The zero-order valence-electron chi connectivity index (χ0n) is 8.79. The van der Waals surface area contributed by atoms with E-state index in [-0.39, 0.29) is 0 Å². The van der Waals surface area contributed by atoms with E-state index in [4.69, 9.17) is 9.68 Å². The second kappa shape index (κ2) is 3.72. The first-order valence-electron chi connectivity index (χ1n) is 5.09. The van der Waals surface area contributed by atoms with Crippen LogP contribution in [0.15, 0.2) is 47.0 Å². The minimum absolute atomic E-state index is 0.517. The average molecular weight is 221 g/mol. The molecule has 0 saturated carbocycles. The largest absolute Gasteiger partial charge is 0.418 e. The quantitative estimate of drug-likeness (QED) is 0.633. The van der Waals surface area contributed by atoms with Gasteiger partial charge in [-0.1, -0.05) is 0 Å². The van der Waals surface area contributed by atoms with Crippen LogP contribution < -0.4 is 0 Å². The van der Waals surface area contributed by atoms with Crippen LogP contribution in [0.1, 0.15) is 5.56 Å². The number of benzene rings is 1. The summed E-state index contributed by atoms with van der Waals surface area (Å²) >= 11 is 0. The van der Waals surface area contributed by atoms with Crippen LogP contribution in [0.4, 0.5) is 0 Å². The summed E-state index contributed by atoms with van der Waals surface area (Å²) in [6.45, 7) is 0. The molecule has 0 amide bonds. The van der Waals surface area contributed by atoms with Crippen LogP contribution in [-0.4, -0.2) is 9.97 Å². The first-order valence-corrected chi connectivity index (χ1v) is 5.09. The maximum absolute atomic E-state index is 8.71. The molecule has 4 heteroatoms. The van der Waals surface area contributed by atoms with Crippen LogP contribution in [0.25, 0.3) is 22.7 Å². The Labute approximate surface area is 97.2 Å². The van der Waals surface area contributed by atoms with Crippen molar-refractivity contribution in [3.05, 3.63) is 48.2 Å². The minimum atomic E-state index is 0.517. The SMILES string of the molecule is N#Cc1ccc(-c2nc3cccnc3o2)cc1. The lowest BCUT2D eigenvalue weighted by atomic mass is 10.1. The number of pyridine rings is 1. The van der Waals surface area contributed by atoms with Gasteiger partial charge in [-0.15, -0.1) is 0 Å². The lowest BCUT2D eigenvalue weighted by molar-refractivity contribution is 0.608. The van der Waals surface area contributed by atoms with Crippen LogP contribution in [-0.2, 0) is 0 Å². The van der Waals surface area contributed by atoms with Crippen molar-refractivity contribution in [2.45, 2.75) is 0 Å². The first-order chi connectivity index (χ1) is 8.36. The molecule has 0 bridgehead atoms. The van der Waals surface area contributed by atoms with Crippen molar-refractivity contribution >= 4 is 11.2 Å². The normalized spacial score (nSPS) is 10.3. The second-order valence-electron chi connectivity index (χ2n) is 3.54. The molecule has 0 atom stereocenters. The lowest BCUT2D eigenvalue weighted by Gasteiger charge is -1.93. The fraction of sp³-hybridized carbons (Fsp3) is 0. The molecule has 2 aromatic heterocycles. The van der Waals surface area contributed by atoms with Gasteiger partial charge in [-0.05, 0) is 36.4 Å². The molecular weight excluding hydrogens is 214 g/mol. The van der Waals surface area contributed by atoms with E-state index in [9.17, 15) is 0 Å². The van der Waals surface area contributed by atoms with Gasteiger partial charge in [-0.3, -0.25) is 0 Å². The predicted molar refractivity (Wildman–Crippen MR) is 62.0 cm³/mol. The maximum atomic E-state index is 8.71. The molecule has 3 rings (SSSR count). The van der Waals surface area contributed by atoms with Gasteiger partial charge >= 0.3 is 0 Å². The highest BCUT2D eigenvalue weighted by Crippen LogP contribution is 2.22. The van der Waals surface area contributed by atoms with Gasteiger partial charge in [0, 0.05) is 11.8 Å². The van der Waals surface area contributed by atoms with Gasteiger partial charge in [-0.2, -0.15) is 5.26 Å². The van der Waals surface area contributed by atoms with Crippen molar-refractivity contribution in [3.8, 4) is 17.5 Å². The van der Waals surface area contributed by atoms with Crippen LogP contribution in [0.3, 0.4) is 0 Å². The Hall–Kier alpha value is -2.67. The summed E-state index contributed by atoms with van der Waals surface area (Å²) in [6, 6.07) is 12.8. The van der Waals surface area contributed by atoms with Crippen molar-refractivity contribution in [3.63, 3.8) is 0 Å². The molecule has 17 heavy (non-hydrogen) atoms. The third-order valence-corrected chi connectivity index (χ3v) is 2.43. The van der Waals surface area contributed by atoms with Crippen molar-refractivity contribution in [1.82, 2.24) is 9.97 Å². The molecule has 0 aliphatic rings. The Kier molecular flexibility index (Phi) is 2.09. The van der Waals surface area contributed by atoms with Crippen molar-refractivity contribution < 1.29 is 4.42 Å². The predicted octanol–water partition coefficient (Wildman–Crippen LogP) is 2.76. The Morgan fingerprint density at radius 2 is 1.94 bits per heavy atom. The Morgan fingerprint density at radius 1 is 1.12 bits per heavy atom. The number of nitrogens with zero attached hydrogens (tertiary/aromatic N) is 3. The van der Waals surface area contributed by atoms with Gasteiger partial charge in [0.05, 0.1) is 11.6 Å². The zero-order valence-corrected chi connectivity index (χ0v) is 8.79. The third-order valence-electron chi connectivity index (χ3n) is 2.43. The van der Waals surface area contributed by atoms with Gasteiger partial charge < -0.3 is 4.42 Å². The zero-order chi connectivity index (χ0) is 11.7. The van der Waals surface area contributed by atoms with E-state index in [1.807, 2.05) is 24.3 Å². The number of nitriles is 1. The summed E-state index contributed by atoms with van der Waals surface area (Å²) in [4.78, 5) is 8.41. The van der Waals surface area contributed by atoms with Gasteiger partial charge in [0.15, 0.2) is 0 Å². The number of fused-ring (bicyclic) bond motifs is 1. The molecule has 0 unspecified atom stereocenters. The van der Waals surface area contributed by atoms with E-state index in [1.54, 1.807) is 18.3 Å². The minimum Gasteiger partial charge on any atom is -0.418 e. The number of hydrogen-bond acceptors (Lipinski definition) is 4. The molecule has 0 aliphatic heterocycles. The topological polar surface area (TPSA) is 62.7 Å². The lowest BCUT2D eigenvalue weighted by Crippen LogP contribution is -1.78. The average Bonchev–Trinajstić information content (AvgIpc) is 2.82. The molecule has 0 fully saturated rings. The molecule has 2 heterocycles. The summed E-state index contributed by atoms with van der Waals surface area (Å²) < 4.78 is 5.52. The van der Waals surface area contributed by atoms with E-state index < -0.39 is 0 Å². The highest BCUT2D eigenvalue weighted by Gasteiger charge is 2.07. The summed E-state index contributed by atoms with van der Waals surface area (Å²) in [5.41, 5.74) is 2.70. The third kappa shape index (κ3) is 1.64. The monoisotopic (exact) mass is 221 g/mol. The second-order valence-corrected chi connectivity index (χ2v) is 3.54. The standard InChI is InChI=1S/C13H7N3O/c14-8-9-3-5-10(6-4-9)12-16-11-2-1-7-15-13(11)17-12/h1-7H. The molecule has 0 radical (unpaired) electrons. The molecule has 3 aromatic rings. The molecule has 0 spiro atoms. The van der Waals surface area contributed by atoms with Crippen LogP contribution in [0.5, 0.6) is 0 Å². The fourth-order valence-electron chi connectivity index (χ4n) is 1.58. The fourth-order valence-corrected chi connectivity index (χ4v) is 1.58. The Bertz CT molecular complexity index is 674. The molecule has 0 N–H and O–H groups in total. The molecule has 1 aromatic carbocycles. The smallest absolute Gasteiger partial charge is 0.247 e. The maximum Gasteiger partial charge on any atom is 0.247 e. The van der Waals surface area contributed by atoms with Crippen molar-refractivity contribution in [1.29, 1.82) is 5.26 Å². The summed E-state index contributed by atoms with van der Waals surface area (Å²) in [5.74, 6) is 0.517. The first kappa shape index (κ1) is 9.55. The van der Waals surface area contributed by atoms with Crippen molar-refractivity contribution in [2.75, 3.05) is 0 Å². The van der Waals surface area contributed by atoms with Crippen LogP contribution >= 0.6 is 0 Å². The number of rotatable bonds is 1. The summed E-state index contributed by atoms with van der Waals surface area (Å²) in [7, 11) is 0. The highest BCUT2D eigenvalue weighted by atomic mass is 16.4. The van der Waals surface area contributed by atoms with E-state index in [0.29, 0.717) is 17.2 Å². The van der Waals surface area contributed by atoms with E-state index in [1.165, 1.54) is 0 Å². The van der Waals surface area contributed by atoms with Gasteiger partial charge in [-0.25, -0.2) is 9.97 Å². The highest BCUT2D eigenvalue weighted by molar-refractivity contribution is 5.72. The molecular formula is C13H7N3O. The Balaban J connectivity index is 2.11. The van der Waals surface area contributed by atoms with E-state index >= 15 is 0 Å². The number of aromatic nitrogens is 2. The van der Waals surface area contributed by atoms with Gasteiger partial charge in [0.2, 0.25) is 11.6 Å². The molecule has 80 valence electrons. The molecule has 0 aliphatic carbocycles. The van der Waals surface area contributed by atoms with E-state index in [0.717, 1.165) is 11.1 Å². The van der Waals surface area contributed by atoms with Gasteiger partial charge in [0.1, 0.15) is 5.52 Å². The van der Waals surface area contributed by atoms with Crippen LogP contribution in [0.2, 0.25) is 0 Å². The number of hydrogen-bond donors (Lipinski definition) is 0. The van der Waals surface area contributed by atoms with Crippen molar-refractivity contribution in [2.24, 2.45) is 0 Å². The number of oxazole rings is 1. The summed E-state index contributed by atoms with van der Waals surface area (Å²) in [5, 5.41) is 8.71. The molecule has 4 nitrogen and oxygen atoms in total. The Morgan fingerprint density at radius 3 is 2.65 bits per heavy atom. The molecule has 0 saturated heterocycles.